The number of cyclic esters (lactones) is 2. The van der Waals surface area contributed by atoms with Crippen molar-refractivity contribution in [1.29, 1.82) is 0 Å². The minimum Gasteiger partial charge on any atom is -0.427 e. The monoisotopic (exact) mass is 528 g/mol. The maximum absolute atomic E-state index is 13.5. The highest BCUT2D eigenvalue weighted by Crippen LogP contribution is 2.68. The van der Waals surface area contributed by atoms with E-state index in [9.17, 15) is 9.59 Å². The number of hydrogen-bond donors (Lipinski definition) is 1. The molecule has 4 aliphatic carbocycles. The molecule has 0 amide bonds. The number of esters is 2. The zero-order chi connectivity index (χ0) is 27.0. The summed E-state index contributed by atoms with van der Waals surface area (Å²) < 4.78 is 12.0. The Balaban J connectivity index is 1.34. The van der Waals surface area contributed by atoms with Gasteiger partial charge in [0.15, 0.2) is 0 Å². The van der Waals surface area contributed by atoms with E-state index in [4.69, 9.17) is 14.6 Å². The summed E-state index contributed by atoms with van der Waals surface area (Å²) in [5.74, 6) is 1.90. The number of carbonyl (C=O) groups excluding carboxylic acids is 2. The van der Waals surface area contributed by atoms with Gasteiger partial charge in [-0.05, 0) is 93.3 Å². The smallest absolute Gasteiger partial charge is 0.340 e. The second kappa shape index (κ2) is 10.9. The average molecular weight is 529 g/mol. The van der Waals surface area contributed by atoms with E-state index in [1.54, 1.807) is 0 Å². The average Bonchev–Trinajstić information content (AvgIpc) is 3.44. The van der Waals surface area contributed by atoms with Gasteiger partial charge in [-0.2, -0.15) is 0 Å². The summed E-state index contributed by atoms with van der Waals surface area (Å²) in [6.07, 6.45) is 16.9. The first kappa shape index (κ1) is 26.3. The molecule has 7 rings (SSSR count). The fourth-order valence-electron chi connectivity index (χ4n) is 7.99. The molecule has 206 valence electrons. The number of ether oxygens (including phenoxy) is 2. The Morgan fingerprint density at radius 3 is 2.67 bits per heavy atom. The standard InChI is InChI=1S/C34H40O5/c1-2-22(19-23-11-7-6-8-12-23)20-29-34-17-16-24(21-27(34)32(36)39-29)25-14-15-26-28(13-9-4-3-5-10-18-35)38-33(37)30(26)31(25)34/h6-8,11-13,20-22,24-25,31,35H,2-5,9-10,14-19H2,1H3/b28-13?,29-20-/t22-,24-,25-,31+,34+/m0/s1. The number of unbranched alkanes of at least 4 members (excludes halogenated alkanes) is 4. The first-order chi connectivity index (χ1) is 19.1. The normalized spacial score (nSPS) is 31.6. The minimum atomic E-state index is -0.555. The maximum atomic E-state index is 13.5. The molecule has 39 heavy (non-hydrogen) atoms. The molecule has 1 aromatic carbocycles. The van der Waals surface area contributed by atoms with Gasteiger partial charge < -0.3 is 14.6 Å². The Kier molecular flexibility index (Phi) is 7.37. The molecule has 1 aromatic rings. The number of carbonyl (C=O) groups is 2. The second-order valence-electron chi connectivity index (χ2n) is 12.0. The Morgan fingerprint density at radius 2 is 1.87 bits per heavy atom. The van der Waals surface area contributed by atoms with E-state index in [2.05, 4.69) is 49.4 Å². The lowest BCUT2D eigenvalue weighted by Gasteiger charge is -2.54. The Bertz CT molecular complexity index is 1250. The van der Waals surface area contributed by atoms with Crippen LogP contribution in [-0.4, -0.2) is 23.7 Å². The maximum Gasteiger partial charge on any atom is 0.340 e. The molecule has 1 saturated carbocycles. The van der Waals surface area contributed by atoms with Gasteiger partial charge in [-0.15, -0.1) is 0 Å². The third kappa shape index (κ3) is 4.53. The van der Waals surface area contributed by atoms with Crippen molar-refractivity contribution in [3.63, 3.8) is 0 Å². The largest absolute Gasteiger partial charge is 0.427 e. The third-order valence-electron chi connectivity index (χ3n) is 9.88. The number of rotatable bonds is 10. The topological polar surface area (TPSA) is 72.8 Å². The van der Waals surface area contributed by atoms with Crippen LogP contribution in [0, 0.1) is 29.1 Å². The SMILES string of the molecule is CC[C@H](/C=C1\OC(=O)C2=C[C@@H]3CC[C@@]21[C@H]1C2=C(CC[C@@H]31)C(=CCCCCCCO)OC2=O)Cc1ccccc1. The fraction of sp³-hybridized carbons (Fsp3) is 0.529. The third-order valence-corrected chi connectivity index (χ3v) is 9.88. The molecule has 2 aliphatic heterocycles. The van der Waals surface area contributed by atoms with Crippen molar-refractivity contribution in [2.75, 3.05) is 6.61 Å². The van der Waals surface area contributed by atoms with E-state index in [-0.39, 0.29) is 30.4 Å². The van der Waals surface area contributed by atoms with Crippen LogP contribution < -0.4 is 0 Å². The van der Waals surface area contributed by atoms with Gasteiger partial charge in [0.05, 0.1) is 5.41 Å². The minimum absolute atomic E-state index is 0.0603. The Morgan fingerprint density at radius 1 is 1.05 bits per heavy atom. The zero-order valence-electron chi connectivity index (χ0n) is 23.0. The Hall–Kier alpha value is -2.92. The Labute approximate surface area is 231 Å². The van der Waals surface area contributed by atoms with E-state index >= 15 is 0 Å². The van der Waals surface area contributed by atoms with E-state index < -0.39 is 5.41 Å². The van der Waals surface area contributed by atoms with Crippen molar-refractivity contribution in [3.8, 4) is 0 Å². The molecule has 0 unspecified atom stereocenters. The van der Waals surface area contributed by atoms with Crippen LogP contribution in [0.25, 0.3) is 0 Å². The number of hydrogen-bond acceptors (Lipinski definition) is 5. The second-order valence-corrected chi connectivity index (χ2v) is 12.0. The van der Waals surface area contributed by atoms with Crippen LogP contribution >= 0.6 is 0 Å². The number of aliphatic hydroxyl groups is 1. The van der Waals surface area contributed by atoms with Crippen molar-refractivity contribution >= 4 is 11.9 Å². The van der Waals surface area contributed by atoms with Crippen LogP contribution in [0.15, 0.2) is 76.8 Å². The van der Waals surface area contributed by atoms with E-state index in [1.165, 1.54) is 5.56 Å². The molecule has 2 heterocycles. The van der Waals surface area contributed by atoms with Gasteiger partial charge >= 0.3 is 11.9 Å². The molecule has 6 aliphatic rings. The molecule has 5 heteroatoms. The summed E-state index contributed by atoms with van der Waals surface area (Å²) in [5.41, 5.74) is 3.38. The molecule has 2 fully saturated rings. The number of aliphatic hydroxyl groups excluding tert-OH is 1. The number of fused-ring (bicyclic) bond motifs is 1. The summed E-state index contributed by atoms with van der Waals surface area (Å²) >= 11 is 0. The molecular formula is C34H40O5. The number of allylic oxidation sites excluding steroid dienone is 5. The van der Waals surface area contributed by atoms with Gasteiger partial charge in [-0.25, -0.2) is 9.59 Å². The zero-order valence-corrected chi connectivity index (χ0v) is 23.0. The van der Waals surface area contributed by atoms with E-state index in [0.29, 0.717) is 11.8 Å². The summed E-state index contributed by atoms with van der Waals surface area (Å²) in [5, 5.41) is 9.01. The van der Waals surface area contributed by atoms with Crippen LogP contribution in [0.1, 0.15) is 76.7 Å². The highest BCUT2D eigenvalue weighted by Gasteiger charge is 2.66. The molecule has 1 saturated heterocycles. The van der Waals surface area contributed by atoms with Crippen molar-refractivity contribution in [3.05, 3.63) is 82.4 Å². The van der Waals surface area contributed by atoms with E-state index in [0.717, 1.165) is 98.9 Å². The summed E-state index contributed by atoms with van der Waals surface area (Å²) in [6, 6.07) is 10.5. The lowest BCUT2D eigenvalue weighted by atomic mass is 9.46. The van der Waals surface area contributed by atoms with Gasteiger partial charge in [0.1, 0.15) is 11.5 Å². The highest BCUT2D eigenvalue weighted by atomic mass is 16.5. The lowest BCUT2D eigenvalue weighted by molar-refractivity contribution is -0.135. The van der Waals surface area contributed by atoms with Crippen LogP contribution in [0.3, 0.4) is 0 Å². The molecule has 5 nitrogen and oxygen atoms in total. The van der Waals surface area contributed by atoms with Gasteiger partial charge in [-0.1, -0.05) is 56.2 Å². The summed E-state index contributed by atoms with van der Waals surface area (Å²) in [4.78, 5) is 26.8. The molecule has 2 bridgehead atoms. The van der Waals surface area contributed by atoms with Crippen molar-refractivity contribution in [1.82, 2.24) is 0 Å². The quantitative estimate of drug-likeness (QED) is 0.269. The molecular weight excluding hydrogens is 488 g/mol. The highest BCUT2D eigenvalue weighted by molar-refractivity contribution is 5.99. The fourth-order valence-corrected chi connectivity index (χ4v) is 7.99. The van der Waals surface area contributed by atoms with Crippen LogP contribution in [0.5, 0.6) is 0 Å². The molecule has 0 aromatic heterocycles. The predicted octanol–water partition coefficient (Wildman–Crippen LogP) is 6.74. The van der Waals surface area contributed by atoms with E-state index in [1.807, 2.05) is 6.07 Å². The first-order valence-corrected chi connectivity index (χ1v) is 15.0. The van der Waals surface area contributed by atoms with Gasteiger partial charge in [-0.3, -0.25) is 0 Å². The molecule has 1 spiro atoms. The molecule has 0 radical (unpaired) electrons. The van der Waals surface area contributed by atoms with Gasteiger partial charge in [0.2, 0.25) is 0 Å². The summed E-state index contributed by atoms with van der Waals surface area (Å²) in [7, 11) is 0. The summed E-state index contributed by atoms with van der Waals surface area (Å²) in [6.45, 7) is 2.43. The van der Waals surface area contributed by atoms with Gasteiger partial charge in [0, 0.05) is 29.2 Å². The van der Waals surface area contributed by atoms with Crippen LogP contribution in [-0.2, 0) is 25.5 Å². The predicted molar refractivity (Wildman–Crippen MR) is 149 cm³/mol. The molecule has 5 atom stereocenters. The van der Waals surface area contributed by atoms with Crippen molar-refractivity contribution < 1.29 is 24.2 Å². The van der Waals surface area contributed by atoms with Crippen LogP contribution in [0.2, 0.25) is 0 Å². The van der Waals surface area contributed by atoms with Gasteiger partial charge in [0.25, 0.3) is 0 Å². The van der Waals surface area contributed by atoms with Crippen molar-refractivity contribution in [2.24, 2.45) is 29.1 Å². The first-order valence-electron chi connectivity index (χ1n) is 15.0. The lowest BCUT2D eigenvalue weighted by Crippen LogP contribution is -2.50. The van der Waals surface area contributed by atoms with Crippen LogP contribution in [0.4, 0.5) is 0 Å². The number of benzene rings is 1. The molecule has 1 N–H and O–H groups in total. The van der Waals surface area contributed by atoms with Crippen molar-refractivity contribution in [2.45, 2.75) is 77.6 Å².